The van der Waals surface area contributed by atoms with Crippen LogP contribution in [0.1, 0.15) is 12.8 Å². The number of methoxy groups -OCH3 is 1. The molecule has 0 rings (SSSR count). The zero-order chi connectivity index (χ0) is 11.0. The van der Waals surface area contributed by atoms with E-state index in [0.29, 0.717) is 6.42 Å². The number of nitrogens with zero attached hydrogens (tertiary/aromatic N) is 1. The molecule has 0 spiro atoms. The lowest BCUT2D eigenvalue weighted by Crippen LogP contribution is -2.18. The van der Waals surface area contributed by atoms with Gasteiger partial charge in [-0.25, -0.2) is 4.79 Å². The standard InChI is InChI=1S/C8H13NO5/c1-14-8(11)5-3-2-4-7(10)6-9(12)13/h3,5,7,10H,2,4,6H2,1H3. The van der Waals surface area contributed by atoms with Gasteiger partial charge in [-0.3, -0.25) is 10.1 Å². The smallest absolute Gasteiger partial charge is 0.330 e. The van der Waals surface area contributed by atoms with Crippen LogP contribution in [0.3, 0.4) is 0 Å². The molecule has 0 heterocycles. The van der Waals surface area contributed by atoms with Gasteiger partial charge in [-0.15, -0.1) is 0 Å². The minimum absolute atomic E-state index is 0.258. The van der Waals surface area contributed by atoms with Gasteiger partial charge < -0.3 is 9.84 Å². The van der Waals surface area contributed by atoms with Crippen LogP contribution in [-0.4, -0.2) is 35.8 Å². The molecule has 0 saturated carbocycles. The van der Waals surface area contributed by atoms with Gasteiger partial charge in [0.05, 0.1) is 7.11 Å². The third kappa shape index (κ3) is 7.23. The SMILES string of the molecule is COC(=O)C=CCCC(O)C[N+](=O)[O-]. The minimum Gasteiger partial charge on any atom is -0.466 e. The monoisotopic (exact) mass is 203 g/mol. The molecule has 0 aromatic rings. The molecular formula is C8H13NO5. The van der Waals surface area contributed by atoms with E-state index in [9.17, 15) is 14.9 Å². The molecule has 80 valence electrons. The first-order chi connectivity index (χ1) is 6.56. The second kappa shape index (κ2) is 7.02. The first-order valence-electron chi connectivity index (χ1n) is 4.10. The van der Waals surface area contributed by atoms with Crippen LogP contribution in [-0.2, 0) is 9.53 Å². The molecule has 0 aromatic heterocycles. The first kappa shape index (κ1) is 12.6. The lowest BCUT2D eigenvalue weighted by atomic mass is 10.2. The van der Waals surface area contributed by atoms with Gasteiger partial charge in [-0.2, -0.15) is 0 Å². The zero-order valence-corrected chi connectivity index (χ0v) is 7.88. The number of rotatable bonds is 6. The van der Waals surface area contributed by atoms with E-state index in [-0.39, 0.29) is 6.42 Å². The molecule has 1 atom stereocenters. The normalized spacial score (nSPS) is 12.7. The highest BCUT2D eigenvalue weighted by Gasteiger charge is 2.09. The number of aliphatic hydroxyl groups is 1. The van der Waals surface area contributed by atoms with Crippen molar-refractivity contribution in [2.75, 3.05) is 13.7 Å². The van der Waals surface area contributed by atoms with Crippen LogP contribution >= 0.6 is 0 Å². The molecular weight excluding hydrogens is 190 g/mol. The van der Waals surface area contributed by atoms with E-state index < -0.39 is 23.5 Å². The van der Waals surface area contributed by atoms with E-state index in [4.69, 9.17) is 5.11 Å². The number of ether oxygens (including phenoxy) is 1. The molecule has 0 bridgehead atoms. The van der Waals surface area contributed by atoms with Gasteiger partial charge in [-0.05, 0) is 12.8 Å². The molecule has 14 heavy (non-hydrogen) atoms. The average Bonchev–Trinajstić information content (AvgIpc) is 2.10. The zero-order valence-electron chi connectivity index (χ0n) is 7.88. The van der Waals surface area contributed by atoms with E-state index >= 15 is 0 Å². The number of hydrogen-bond acceptors (Lipinski definition) is 5. The molecule has 1 N–H and O–H groups in total. The summed E-state index contributed by atoms with van der Waals surface area (Å²) in [6, 6.07) is 0. The van der Waals surface area contributed by atoms with Crippen LogP contribution in [0.15, 0.2) is 12.2 Å². The Morgan fingerprint density at radius 2 is 2.36 bits per heavy atom. The number of hydrogen-bond donors (Lipinski definition) is 1. The largest absolute Gasteiger partial charge is 0.466 e. The Hall–Kier alpha value is -1.43. The van der Waals surface area contributed by atoms with E-state index in [2.05, 4.69) is 4.74 Å². The molecule has 6 heteroatoms. The number of esters is 1. The van der Waals surface area contributed by atoms with Crippen molar-refractivity contribution in [3.8, 4) is 0 Å². The van der Waals surface area contributed by atoms with Gasteiger partial charge in [0.25, 0.3) is 0 Å². The van der Waals surface area contributed by atoms with Gasteiger partial charge in [0, 0.05) is 11.0 Å². The van der Waals surface area contributed by atoms with Crippen LogP contribution in [0.5, 0.6) is 0 Å². The molecule has 0 radical (unpaired) electrons. The maximum atomic E-state index is 10.6. The molecule has 6 nitrogen and oxygen atoms in total. The fourth-order valence-corrected chi connectivity index (χ4v) is 0.800. The number of nitro groups is 1. The Morgan fingerprint density at radius 1 is 1.71 bits per heavy atom. The molecule has 0 fully saturated rings. The number of aliphatic hydroxyl groups excluding tert-OH is 1. The highest BCUT2D eigenvalue weighted by atomic mass is 16.6. The van der Waals surface area contributed by atoms with Gasteiger partial charge in [-0.1, -0.05) is 6.08 Å². The van der Waals surface area contributed by atoms with E-state index in [1.54, 1.807) is 0 Å². The second-order valence-corrected chi connectivity index (χ2v) is 2.67. The fourth-order valence-electron chi connectivity index (χ4n) is 0.800. The Balaban J connectivity index is 3.58. The topological polar surface area (TPSA) is 89.7 Å². The van der Waals surface area contributed by atoms with E-state index in [1.165, 1.54) is 19.3 Å². The van der Waals surface area contributed by atoms with Crippen molar-refractivity contribution in [3.05, 3.63) is 22.3 Å². The predicted octanol–water partition coefficient (Wildman–Crippen LogP) is 0.133. The number of carbonyl (C=O) groups is 1. The van der Waals surface area contributed by atoms with Crippen LogP contribution in [0.4, 0.5) is 0 Å². The lowest BCUT2D eigenvalue weighted by molar-refractivity contribution is -0.490. The summed E-state index contributed by atoms with van der Waals surface area (Å²) in [7, 11) is 1.26. The molecule has 0 aliphatic heterocycles. The maximum absolute atomic E-state index is 10.6. The second-order valence-electron chi connectivity index (χ2n) is 2.67. The van der Waals surface area contributed by atoms with Crippen molar-refractivity contribution in [2.45, 2.75) is 18.9 Å². The molecule has 0 amide bonds. The Morgan fingerprint density at radius 3 is 2.86 bits per heavy atom. The van der Waals surface area contributed by atoms with Gasteiger partial charge in [0.15, 0.2) is 0 Å². The third-order valence-electron chi connectivity index (χ3n) is 1.48. The summed E-state index contributed by atoms with van der Waals surface area (Å²) < 4.78 is 4.33. The lowest BCUT2D eigenvalue weighted by Gasteiger charge is -2.01. The van der Waals surface area contributed by atoms with Crippen molar-refractivity contribution < 1.29 is 19.6 Å². The third-order valence-corrected chi connectivity index (χ3v) is 1.48. The van der Waals surface area contributed by atoms with E-state index in [1.807, 2.05) is 0 Å². The van der Waals surface area contributed by atoms with Gasteiger partial charge in [0.2, 0.25) is 6.54 Å². The molecule has 0 aromatic carbocycles. The van der Waals surface area contributed by atoms with Crippen LogP contribution < -0.4 is 0 Å². The summed E-state index contributed by atoms with van der Waals surface area (Å²) >= 11 is 0. The summed E-state index contributed by atoms with van der Waals surface area (Å²) in [4.78, 5) is 19.9. The number of allylic oxidation sites excluding steroid dienone is 1. The van der Waals surface area contributed by atoms with E-state index in [0.717, 1.165) is 0 Å². The van der Waals surface area contributed by atoms with Crippen LogP contribution in [0.25, 0.3) is 0 Å². The quantitative estimate of drug-likeness (QED) is 0.287. The summed E-state index contributed by atoms with van der Waals surface area (Å²) in [5.74, 6) is -0.478. The van der Waals surface area contributed by atoms with Crippen molar-refractivity contribution in [1.82, 2.24) is 0 Å². The molecule has 0 aliphatic carbocycles. The molecule has 0 aliphatic rings. The average molecular weight is 203 g/mol. The summed E-state index contributed by atoms with van der Waals surface area (Å²) in [5, 5.41) is 19.0. The molecule has 1 unspecified atom stereocenters. The summed E-state index contributed by atoms with van der Waals surface area (Å²) in [5.41, 5.74) is 0. The van der Waals surface area contributed by atoms with Crippen LogP contribution in [0.2, 0.25) is 0 Å². The molecule has 0 saturated heterocycles. The Bertz CT molecular complexity index is 226. The fraction of sp³-hybridized carbons (Fsp3) is 0.625. The Kier molecular flexibility index (Phi) is 6.30. The maximum Gasteiger partial charge on any atom is 0.330 e. The van der Waals surface area contributed by atoms with Crippen molar-refractivity contribution in [2.24, 2.45) is 0 Å². The van der Waals surface area contributed by atoms with Crippen molar-refractivity contribution in [3.63, 3.8) is 0 Å². The summed E-state index contributed by atoms with van der Waals surface area (Å²) in [6.45, 7) is -0.466. The summed E-state index contributed by atoms with van der Waals surface area (Å²) in [6.07, 6.45) is 2.43. The minimum atomic E-state index is -0.965. The highest BCUT2D eigenvalue weighted by molar-refractivity contribution is 5.81. The van der Waals surface area contributed by atoms with Crippen molar-refractivity contribution >= 4 is 5.97 Å². The van der Waals surface area contributed by atoms with Gasteiger partial charge >= 0.3 is 5.97 Å². The first-order valence-corrected chi connectivity index (χ1v) is 4.10. The Labute approximate surface area is 81.3 Å². The predicted molar refractivity (Wildman–Crippen MR) is 48.3 cm³/mol. The highest BCUT2D eigenvalue weighted by Crippen LogP contribution is 1.98. The van der Waals surface area contributed by atoms with Crippen LogP contribution in [0, 0.1) is 10.1 Å². The van der Waals surface area contributed by atoms with Gasteiger partial charge in [0.1, 0.15) is 6.10 Å². The number of carbonyl (C=O) groups excluding carboxylic acids is 1. The van der Waals surface area contributed by atoms with Crippen molar-refractivity contribution in [1.29, 1.82) is 0 Å².